The highest BCUT2D eigenvalue weighted by Crippen LogP contribution is 2.34. The summed E-state index contributed by atoms with van der Waals surface area (Å²) in [6, 6.07) is 15.0. The minimum Gasteiger partial charge on any atom is -0.478 e. The number of aromatic nitrogens is 1. The van der Waals surface area contributed by atoms with Gasteiger partial charge in [0.15, 0.2) is 17.1 Å². The largest absolute Gasteiger partial charge is 0.478 e. The van der Waals surface area contributed by atoms with Gasteiger partial charge >= 0.3 is 12.1 Å². The zero-order valence-electron chi connectivity index (χ0n) is 24.3. The molecule has 216 valence electrons. The average Bonchev–Trinajstić information content (AvgIpc) is 3.35. The van der Waals surface area contributed by atoms with Crippen molar-refractivity contribution in [3.63, 3.8) is 0 Å². The molecule has 2 heterocycles. The van der Waals surface area contributed by atoms with Crippen LogP contribution in [0.4, 0.5) is 4.79 Å². The van der Waals surface area contributed by atoms with E-state index in [0.29, 0.717) is 30.0 Å². The van der Waals surface area contributed by atoms with E-state index in [1.54, 1.807) is 28.8 Å². The Labute approximate surface area is 245 Å². The lowest BCUT2D eigenvalue weighted by molar-refractivity contribution is -0.152. The van der Waals surface area contributed by atoms with Crippen LogP contribution in [0.25, 0.3) is 0 Å². The molecule has 3 aromatic rings. The van der Waals surface area contributed by atoms with Gasteiger partial charge in [-0.2, -0.15) is 0 Å². The molecular weight excluding hydrogens is 540 g/mol. The molecular formula is C32H36N2O6S. The Morgan fingerprint density at radius 2 is 1.68 bits per heavy atom. The van der Waals surface area contributed by atoms with E-state index in [1.807, 2.05) is 63.4 Å². The van der Waals surface area contributed by atoms with Gasteiger partial charge in [-0.15, -0.1) is 11.8 Å². The van der Waals surface area contributed by atoms with Gasteiger partial charge < -0.3 is 19.5 Å². The molecule has 1 aliphatic rings. The van der Waals surface area contributed by atoms with Gasteiger partial charge in [-0.05, 0) is 94.2 Å². The number of benzene rings is 2. The van der Waals surface area contributed by atoms with Gasteiger partial charge in [0.1, 0.15) is 5.75 Å². The van der Waals surface area contributed by atoms with Crippen LogP contribution in [0.15, 0.2) is 59.6 Å². The maximum absolute atomic E-state index is 13.7. The quantitative estimate of drug-likeness (QED) is 0.239. The number of Topliss-reactive ketones (excluding diaryl/α,β-unsaturated/α-hetero) is 1. The predicted octanol–water partition coefficient (Wildman–Crippen LogP) is 6.14. The zero-order chi connectivity index (χ0) is 29.9. The SMILES string of the molecule is CSc1ccc(C(=O)C2CN(C(=O)Oc3ccc(C)nc3)C[C@@H]2Cc2cc(C)c(OC(C)(C)C(=O)O)c(C)c2)cc1. The van der Waals surface area contributed by atoms with Crippen LogP contribution in [0.3, 0.4) is 0 Å². The molecule has 1 amide bonds. The van der Waals surface area contributed by atoms with Crippen molar-refractivity contribution < 1.29 is 29.0 Å². The summed E-state index contributed by atoms with van der Waals surface area (Å²) in [7, 11) is 0. The van der Waals surface area contributed by atoms with E-state index in [4.69, 9.17) is 9.47 Å². The van der Waals surface area contributed by atoms with Crippen LogP contribution < -0.4 is 9.47 Å². The monoisotopic (exact) mass is 576 g/mol. The second kappa shape index (κ2) is 12.3. The normalized spacial score (nSPS) is 16.9. The number of hydrogen-bond donors (Lipinski definition) is 1. The highest BCUT2D eigenvalue weighted by molar-refractivity contribution is 7.98. The van der Waals surface area contributed by atoms with Crippen LogP contribution >= 0.6 is 11.8 Å². The minimum absolute atomic E-state index is 0.00781. The molecule has 4 rings (SSSR count). The van der Waals surface area contributed by atoms with Crippen molar-refractivity contribution in [3.8, 4) is 11.5 Å². The van der Waals surface area contributed by atoms with Crippen LogP contribution in [0.2, 0.25) is 0 Å². The Hall–Kier alpha value is -3.85. The van der Waals surface area contributed by atoms with Crippen LogP contribution in [-0.2, 0) is 11.2 Å². The van der Waals surface area contributed by atoms with E-state index in [0.717, 1.165) is 27.3 Å². The van der Waals surface area contributed by atoms with Crippen molar-refractivity contribution in [1.82, 2.24) is 9.88 Å². The maximum Gasteiger partial charge on any atom is 0.415 e. The average molecular weight is 577 g/mol. The Morgan fingerprint density at radius 1 is 1.02 bits per heavy atom. The number of thioether (sulfide) groups is 1. The summed E-state index contributed by atoms with van der Waals surface area (Å²) >= 11 is 1.61. The Bertz CT molecular complexity index is 1410. The van der Waals surface area contributed by atoms with E-state index in [9.17, 15) is 19.5 Å². The summed E-state index contributed by atoms with van der Waals surface area (Å²) in [5, 5.41) is 9.50. The number of aliphatic carboxylic acids is 1. The van der Waals surface area contributed by atoms with Gasteiger partial charge in [-0.3, -0.25) is 9.78 Å². The van der Waals surface area contributed by atoms with Gasteiger partial charge in [-0.1, -0.05) is 24.3 Å². The first-order valence-electron chi connectivity index (χ1n) is 13.5. The second-order valence-corrected chi connectivity index (χ2v) is 11.9. The van der Waals surface area contributed by atoms with Crippen LogP contribution in [0.5, 0.6) is 11.5 Å². The molecule has 1 aliphatic heterocycles. The standard InChI is InChI=1S/C32H36N2O6S/c1-19-13-22(14-20(2)29(19)40-32(4,5)30(36)37)15-24-17-34(31(38)39-25-10-7-21(3)33-16-25)18-27(24)28(35)23-8-11-26(41-6)12-9-23/h7-14,16,24,27H,15,17-18H2,1-6H3,(H,36,37)/t24-,27?/m0/s1. The van der Waals surface area contributed by atoms with Gasteiger partial charge in [-0.25, -0.2) is 9.59 Å². The number of carboxylic acid groups (broad SMARTS) is 1. The molecule has 9 heteroatoms. The number of rotatable bonds is 9. The number of carboxylic acids is 1. The summed E-state index contributed by atoms with van der Waals surface area (Å²) in [5.41, 5.74) is 2.66. The number of carbonyl (C=O) groups is 3. The van der Waals surface area contributed by atoms with Crippen molar-refractivity contribution in [2.24, 2.45) is 11.8 Å². The molecule has 1 saturated heterocycles. The van der Waals surface area contributed by atoms with Crippen LogP contribution in [-0.4, -0.2) is 57.8 Å². The summed E-state index contributed by atoms with van der Waals surface area (Å²) < 4.78 is 11.4. The topological polar surface area (TPSA) is 106 Å². The lowest BCUT2D eigenvalue weighted by atomic mass is 9.84. The number of ether oxygens (including phenoxy) is 2. The lowest BCUT2D eigenvalue weighted by Gasteiger charge is -2.25. The number of ketones is 1. The van der Waals surface area contributed by atoms with Crippen LogP contribution in [0.1, 0.15) is 46.6 Å². The maximum atomic E-state index is 13.7. The molecule has 0 radical (unpaired) electrons. The minimum atomic E-state index is -1.38. The molecule has 0 spiro atoms. The number of nitrogens with zero attached hydrogens (tertiary/aromatic N) is 2. The Morgan fingerprint density at radius 3 is 2.24 bits per heavy atom. The van der Waals surface area contributed by atoms with E-state index in [2.05, 4.69) is 4.98 Å². The Balaban J connectivity index is 1.59. The van der Waals surface area contributed by atoms with Gasteiger partial charge in [0.25, 0.3) is 0 Å². The van der Waals surface area contributed by atoms with Crippen molar-refractivity contribution in [3.05, 3.63) is 82.7 Å². The number of hydrogen-bond acceptors (Lipinski definition) is 7. The smallest absolute Gasteiger partial charge is 0.415 e. The third-order valence-corrected chi connectivity index (χ3v) is 8.13. The van der Waals surface area contributed by atoms with E-state index in [-0.39, 0.29) is 18.2 Å². The highest BCUT2D eigenvalue weighted by atomic mass is 32.2. The third-order valence-electron chi connectivity index (χ3n) is 7.39. The van der Waals surface area contributed by atoms with E-state index < -0.39 is 23.6 Å². The molecule has 1 fully saturated rings. The van der Waals surface area contributed by atoms with Crippen LogP contribution in [0, 0.1) is 32.6 Å². The van der Waals surface area contributed by atoms with E-state index >= 15 is 0 Å². The summed E-state index contributed by atoms with van der Waals surface area (Å²) in [5.74, 6) is -0.733. The highest BCUT2D eigenvalue weighted by Gasteiger charge is 2.41. The van der Waals surface area contributed by atoms with Crippen molar-refractivity contribution >= 4 is 29.6 Å². The fourth-order valence-corrected chi connectivity index (χ4v) is 5.50. The molecule has 1 unspecified atom stereocenters. The molecule has 1 N–H and O–H groups in total. The molecule has 1 aromatic heterocycles. The summed E-state index contributed by atoms with van der Waals surface area (Å²) in [6.45, 7) is 9.26. The zero-order valence-corrected chi connectivity index (χ0v) is 25.1. The Kier molecular flexibility index (Phi) is 9.07. The summed E-state index contributed by atoms with van der Waals surface area (Å²) in [6.07, 6.45) is 3.54. The first-order chi connectivity index (χ1) is 19.4. The molecule has 2 atom stereocenters. The molecule has 0 bridgehead atoms. The van der Waals surface area contributed by atoms with Crippen molar-refractivity contribution in [2.75, 3.05) is 19.3 Å². The molecule has 0 saturated carbocycles. The van der Waals surface area contributed by atoms with E-state index in [1.165, 1.54) is 20.0 Å². The molecule has 41 heavy (non-hydrogen) atoms. The molecule has 0 aliphatic carbocycles. The lowest BCUT2D eigenvalue weighted by Crippen LogP contribution is -2.38. The second-order valence-electron chi connectivity index (χ2n) is 11.0. The number of carbonyl (C=O) groups excluding carboxylic acids is 2. The fourth-order valence-electron chi connectivity index (χ4n) is 5.09. The number of amides is 1. The molecule has 2 aromatic carbocycles. The van der Waals surface area contributed by atoms with Gasteiger partial charge in [0.2, 0.25) is 0 Å². The fraction of sp³-hybridized carbons (Fsp3) is 0.375. The first-order valence-corrected chi connectivity index (χ1v) is 14.7. The predicted molar refractivity (Wildman–Crippen MR) is 158 cm³/mol. The van der Waals surface area contributed by atoms with Gasteiger partial charge in [0.05, 0.1) is 6.20 Å². The number of likely N-dealkylation sites (tertiary alicyclic amines) is 1. The third kappa shape index (κ3) is 7.08. The van der Waals surface area contributed by atoms with Crippen molar-refractivity contribution in [2.45, 2.75) is 51.5 Å². The number of pyridine rings is 1. The van der Waals surface area contributed by atoms with Gasteiger partial charge in [0, 0.05) is 35.2 Å². The van der Waals surface area contributed by atoms with Crippen molar-refractivity contribution in [1.29, 1.82) is 0 Å². The molecule has 8 nitrogen and oxygen atoms in total. The first kappa shape index (κ1) is 30.1. The number of aryl methyl sites for hydroxylation is 3. The summed E-state index contributed by atoms with van der Waals surface area (Å²) in [4.78, 5) is 45.3.